The molecule has 0 amide bonds. The van der Waals surface area contributed by atoms with Gasteiger partial charge in [0.1, 0.15) is 0 Å². The Hall–Kier alpha value is 0.790. The molecule has 0 fully saturated rings. The van der Waals surface area contributed by atoms with Crippen LogP contribution in [-0.4, -0.2) is 43.7 Å². The van der Waals surface area contributed by atoms with Gasteiger partial charge in [-0.25, -0.2) is 0 Å². The Morgan fingerprint density at radius 3 is 1.62 bits per heavy atom. The van der Waals surface area contributed by atoms with Crippen LogP contribution in [-0.2, 0) is 9.36 Å². The Kier molecular flexibility index (Phi) is 31.1. The summed E-state index contributed by atoms with van der Waals surface area (Å²) in [7, 11) is -1.08. The van der Waals surface area contributed by atoms with Crippen LogP contribution in [0.5, 0.6) is 0 Å². The molecule has 42 valence electrons. The van der Waals surface area contributed by atoms with Gasteiger partial charge in [0.15, 0.2) is 0 Å². The van der Waals surface area contributed by atoms with Crippen LogP contribution in [0.1, 0.15) is 6.92 Å². The number of hydrogen-bond donors (Lipinski definition) is 0. The zero-order chi connectivity index (χ0) is 6.28. The summed E-state index contributed by atoms with van der Waals surface area (Å²) in [6.07, 6.45) is 0. The summed E-state index contributed by atoms with van der Waals surface area (Å²) >= 11 is 0. The van der Waals surface area contributed by atoms with Gasteiger partial charge < -0.3 is 14.8 Å². The van der Waals surface area contributed by atoms with E-state index in [1.54, 1.807) is 0 Å². The average Bonchev–Trinajstić information content (AvgIpc) is 1.33. The molecule has 0 rings (SSSR count). The SMILES string of the molecule is CC(=O)[O-].O=P[O-].[Ca+2]. The molecule has 0 aliphatic carbocycles. The van der Waals surface area contributed by atoms with E-state index in [0.717, 1.165) is 6.92 Å². The quantitative estimate of drug-likeness (QED) is 0.302. The van der Waals surface area contributed by atoms with Crippen molar-refractivity contribution >= 4 is 52.4 Å². The number of hydrogen-bond acceptors (Lipinski definition) is 4. The van der Waals surface area contributed by atoms with E-state index in [0.29, 0.717) is 0 Å². The summed E-state index contributed by atoms with van der Waals surface area (Å²) in [6, 6.07) is 0. The third-order valence-electron chi connectivity index (χ3n) is 0. The second-order valence-corrected chi connectivity index (χ2v) is 0.715. The summed E-state index contributed by atoms with van der Waals surface area (Å²) in [6.45, 7) is 0.972. The summed E-state index contributed by atoms with van der Waals surface area (Å²) in [5.74, 6) is -1.08. The van der Waals surface area contributed by atoms with Gasteiger partial charge in [0, 0.05) is 5.97 Å². The van der Waals surface area contributed by atoms with E-state index in [1.807, 2.05) is 0 Å². The molecule has 0 spiro atoms. The number of carboxylic acid groups (broad SMARTS) is 1. The molecule has 0 aliphatic heterocycles. The number of carbonyl (C=O) groups is 1. The summed E-state index contributed by atoms with van der Waals surface area (Å²) < 4.78 is 8.35. The molecule has 8 heavy (non-hydrogen) atoms. The van der Waals surface area contributed by atoms with Gasteiger partial charge in [0.2, 0.25) is 0 Å². The summed E-state index contributed by atoms with van der Waals surface area (Å²) in [5.41, 5.74) is 0. The topological polar surface area (TPSA) is 80.3 Å². The van der Waals surface area contributed by atoms with Crippen molar-refractivity contribution in [2.45, 2.75) is 6.92 Å². The van der Waals surface area contributed by atoms with Crippen LogP contribution in [0.4, 0.5) is 0 Å². The van der Waals surface area contributed by atoms with Crippen LogP contribution < -0.4 is 10.00 Å². The van der Waals surface area contributed by atoms with Crippen molar-refractivity contribution in [3.05, 3.63) is 0 Å². The minimum absolute atomic E-state index is 0. The molecule has 0 aliphatic rings. The van der Waals surface area contributed by atoms with Crippen LogP contribution in [0, 0.1) is 0 Å². The molecule has 0 aromatic carbocycles. The zero-order valence-corrected chi connectivity index (χ0v) is 7.39. The number of aliphatic carboxylic acids is 1. The molecular weight excluding hydrogens is 159 g/mol. The molecule has 0 unspecified atom stereocenters. The molecule has 0 aromatic heterocycles. The monoisotopic (exact) mass is 162 g/mol. The van der Waals surface area contributed by atoms with Gasteiger partial charge >= 0.3 is 37.7 Å². The van der Waals surface area contributed by atoms with Crippen LogP contribution in [0.15, 0.2) is 0 Å². The van der Waals surface area contributed by atoms with Crippen molar-refractivity contribution in [2.24, 2.45) is 0 Å². The number of rotatable bonds is 0. The van der Waals surface area contributed by atoms with Crippen molar-refractivity contribution in [3.8, 4) is 0 Å². The van der Waals surface area contributed by atoms with E-state index < -0.39 is 14.7 Å². The van der Waals surface area contributed by atoms with E-state index in [4.69, 9.17) is 19.4 Å². The molecule has 0 saturated heterocycles. The standard InChI is InChI=1S/C2H4O2.Ca.HO2P/c1-2(3)4;;1-3-2/h1H3,(H,3,4);;(H,1,2)/q;+2;/p-2. The van der Waals surface area contributed by atoms with Crippen molar-refractivity contribution in [1.29, 1.82) is 0 Å². The molecule has 0 atom stereocenters. The Bertz CT molecular complexity index is 61.1. The molecule has 0 heterocycles. The van der Waals surface area contributed by atoms with Gasteiger partial charge in [-0.15, -0.1) is 0 Å². The van der Waals surface area contributed by atoms with Gasteiger partial charge in [0.05, 0.1) is 8.69 Å². The second kappa shape index (κ2) is 15.7. The third-order valence-corrected chi connectivity index (χ3v) is 0. The maximum Gasteiger partial charge on any atom is 2.00 e. The number of carboxylic acids is 1. The maximum atomic E-state index is 8.89. The van der Waals surface area contributed by atoms with E-state index in [2.05, 4.69) is 0 Å². The Balaban J connectivity index is -0.0000000575. The molecule has 0 N–H and O–H groups in total. The summed E-state index contributed by atoms with van der Waals surface area (Å²) in [5, 5.41) is 8.89. The Labute approximate surface area is 78.2 Å². The molecular formula is C2H3CaO4P. The largest absolute Gasteiger partial charge is 2.00 e. The van der Waals surface area contributed by atoms with Crippen molar-refractivity contribution < 1.29 is 19.4 Å². The van der Waals surface area contributed by atoms with Gasteiger partial charge in [-0.05, 0) is 6.92 Å². The predicted molar refractivity (Wildman–Crippen MR) is 24.0 cm³/mol. The molecule has 6 heteroatoms. The first-order chi connectivity index (χ1) is 3.15. The maximum absolute atomic E-state index is 8.89. The van der Waals surface area contributed by atoms with E-state index in [9.17, 15) is 0 Å². The van der Waals surface area contributed by atoms with Crippen LogP contribution in [0.3, 0.4) is 0 Å². The second-order valence-electron chi connectivity index (χ2n) is 0.566. The Morgan fingerprint density at radius 1 is 1.62 bits per heavy atom. The first-order valence-corrected chi connectivity index (χ1v) is 2.00. The first kappa shape index (κ1) is 15.9. The van der Waals surface area contributed by atoms with E-state index >= 15 is 0 Å². The van der Waals surface area contributed by atoms with Crippen molar-refractivity contribution in [2.75, 3.05) is 0 Å². The average molecular weight is 162 g/mol. The van der Waals surface area contributed by atoms with Gasteiger partial charge in [-0.1, -0.05) is 0 Å². The van der Waals surface area contributed by atoms with Gasteiger partial charge in [0.25, 0.3) is 0 Å². The minimum atomic E-state index is -1.08. The van der Waals surface area contributed by atoms with Gasteiger partial charge in [-0.2, -0.15) is 0 Å². The molecule has 0 radical (unpaired) electrons. The molecule has 4 nitrogen and oxygen atoms in total. The Morgan fingerprint density at radius 2 is 1.62 bits per heavy atom. The predicted octanol–water partition coefficient (Wildman–Crippen LogP) is -2.07. The fourth-order valence-electron chi connectivity index (χ4n) is 0. The summed E-state index contributed by atoms with van der Waals surface area (Å²) in [4.78, 5) is 17.2. The zero-order valence-electron chi connectivity index (χ0n) is 4.29. The van der Waals surface area contributed by atoms with E-state index in [-0.39, 0.29) is 37.7 Å². The van der Waals surface area contributed by atoms with Crippen LogP contribution in [0.2, 0.25) is 0 Å². The molecule has 0 bridgehead atoms. The fraction of sp³-hybridized carbons (Fsp3) is 0.500. The smallest absolute Gasteiger partial charge is 0.772 e. The normalized spacial score (nSPS) is 5.75. The molecule has 0 saturated carbocycles. The van der Waals surface area contributed by atoms with Crippen LogP contribution in [0.25, 0.3) is 0 Å². The minimum Gasteiger partial charge on any atom is -0.772 e. The molecule has 0 aromatic rings. The number of carbonyl (C=O) groups excluding carboxylic acids is 1. The first-order valence-electron chi connectivity index (χ1n) is 1.27. The van der Waals surface area contributed by atoms with E-state index in [1.165, 1.54) is 0 Å². The van der Waals surface area contributed by atoms with Gasteiger partial charge in [-0.3, -0.25) is 4.57 Å². The van der Waals surface area contributed by atoms with Crippen molar-refractivity contribution in [3.63, 3.8) is 0 Å². The fourth-order valence-corrected chi connectivity index (χ4v) is 0. The third kappa shape index (κ3) is 365. The van der Waals surface area contributed by atoms with Crippen molar-refractivity contribution in [1.82, 2.24) is 0 Å². The van der Waals surface area contributed by atoms with Crippen LogP contribution >= 0.6 is 8.69 Å².